The predicted molar refractivity (Wildman–Crippen MR) is 78.7 cm³/mol. The molecule has 106 valence electrons. The Morgan fingerprint density at radius 1 is 1.42 bits per heavy atom. The van der Waals surface area contributed by atoms with E-state index in [9.17, 15) is 4.39 Å². The van der Waals surface area contributed by atoms with E-state index >= 15 is 0 Å². The Morgan fingerprint density at radius 2 is 2.21 bits per heavy atom. The number of rotatable bonds is 4. The normalized spacial score (nSPS) is 27.3. The van der Waals surface area contributed by atoms with Crippen LogP contribution in [-0.4, -0.2) is 12.6 Å². The van der Waals surface area contributed by atoms with Crippen molar-refractivity contribution in [3.63, 3.8) is 0 Å². The largest absolute Gasteiger partial charge is 0.487 e. The van der Waals surface area contributed by atoms with Crippen LogP contribution in [0.25, 0.3) is 0 Å². The van der Waals surface area contributed by atoms with Crippen LogP contribution in [0.1, 0.15) is 32.6 Å². The monoisotopic (exact) mass is 329 g/mol. The van der Waals surface area contributed by atoms with Crippen LogP contribution in [0.3, 0.4) is 0 Å². The topological polar surface area (TPSA) is 35.2 Å². The summed E-state index contributed by atoms with van der Waals surface area (Å²) >= 11 is 3.25. The molecule has 2 N–H and O–H groups in total. The van der Waals surface area contributed by atoms with Crippen LogP contribution in [-0.2, 0) is 0 Å². The van der Waals surface area contributed by atoms with Crippen LogP contribution in [0, 0.1) is 17.7 Å². The fourth-order valence-electron chi connectivity index (χ4n) is 2.79. The Morgan fingerprint density at radius 3 is 2.84 bits per heavy atom. The SMILES string of the molecule is CCC1CCC(CN)C(Oc2ccc(Br)cc2F)C1. The van der Waals surface area contributed by atoms with Crippen molar-refractivity contribution in [3.8, 4) is 5.75 Å². The molecule has 3 atom stereocenters. The van der Waals surface area contributed by atoms with Crippen molar-refractivity contribution >= 4 is 15.9 Å². The van der Waals surface area contributed by atoms with Crippen molar-refractivity contribution in [2.45, 2.75) is 38.7 Å². The zero-order chi connectivity index (χ0) is 13.8. The minimum atomic E-state index is -0.316. The molecule has 2 nitrogen and oxygen atoms in total. The molecule has 1 aromatic rings. The summed E-state index contributed by atoms with van der Waals surface area (Å²) in [7, 11) is 0. The molecule has 0 radical (unpaired) electrons. The second kappa shape index (κ2) is 6.71. The van der Waals surface area contributed by atoms with Gasteiger partial charge in [-0.05, 0) is 49.9 Å². The standard InChI is InChI=1S/C15H21BrFNO/c1-2-10-3-4-11(9-18)15(7-10)19-14-6-5-12(16)8-13(14)17/h5-6,8,10-11,15H,2-4,7,9,18H2,1H3. The summed E-state index contributed by atoms with van der Waals surface area (Å²) < 4.78 is 20.5. The van der Waals surface area contributed by atoms with Crippen molar-refractivity contribution < 1.29 is 9.13 Å². The van der Waals surface area contributed by atoms with E-state index in [1.54, 1.807) is 12.1 Å². The molecule has 0 spiro atoms. The van der Waals surface area contributed by atoms with E-state index in [1.807, 2.05) is 0 Å². The van der Waals surface area contributed by atoms with E-state index in [4.69, 9.17) is 10.5 Å². The van der Waals surface area contributed by atoms with Crippen molar-refractivity contribution in [2.24, 2.45) is 17.6 Å². The highest BCUT2D eigenvalue weighted by molar-refractivity contribution is 9.10. The molecule has 0 amide bonds. The van der Waals surface area contributed by atoms with Crippen LogP contribution in [0.15, 0.2) is 22.7 Å². The fourth-order valence-corrected chi connectivity index (χ4v) is 3.13. The van der Waals surface area contributed by atoms with E-state index in [-0.39, 0.29) is 11.9 Å². The first-order chi connectivity index (χ1) is 9.13. The van der Waals surface area contributed by atoms with Crippen molar-refractivity contribution in [2.75, 3.05) is 6.54 Å². The van der Waals surface area contributed by atoms with Gasteiger partial charge in [-0.3, -0.25) is 0 Å². The molecule has 1 saturated carbocycles. The van der Waals surface area contributed by atoms with Gasteiger partial charge in [0.05, 0.1) is 0 Å². The van der Waals surface area contributed by atoms with Crippen LogP contribution >= 0.6 is 15.9 Å². The molecule has 3 unspecified atom stereocenters. The zero-order valence-electron chi connectivity index (χ0n) is 11.2. The van der Waals surface area contributed by atoms with Gasteiger partial charge in [-0.2, -0.15) is 0 Å². The lowest BCUT2D eigenvalue weighted by atomic mass is 9.78. The van der Waals surface area contributed by atoms with Crippen molar-refractivity contribution in [1.29, 1.82) is 0 Å². The average molecular weight is 330 g/mol. The van der Waals surface area contributed by atoms with Crippen LogP contribution in [0.5, 0.6) is 5.75 Å². The minimum Gasteiger partial charge on any atom is -0.487 e. The Hall–Kier alpha value is -0.610. The summed E-state index contributed by atoms with van der Waals surface area (Å²) in [5.74, 6) is 1.03. The maximum atomic E-state index is 13.8. The Kier molecular flexibility index (Phi) is 5.22. The highest BCUT2D eigenvalue weighted by Crippen LogP contribution is 2.34. The third-order valence-electron chi connectivity index (χ3n) is 4.09. The average Bonchev–Trinajstić information content (AvgIpc) is 2.41. The lowest BCUT2D eigenvalue weighted by Gasteiger charge is -2.35. The van der Waals surface area contributed by atoms with Gasteiger partial charge in [0.25, 0.3) is 0 Å². The van der Waals surface area contributed by atoms with Gasteiger partial charge in [-0.1, -0.05) is 29.3 Å². The van der Waals surface area contributed by atoms with Gasteiger partial charge in [0.1, 0.15) is 6.10 Å². The lowest BCUT2D eigenvalue weighted by molar-refractivity contribution is 0.0650. The van der Waals surface area contributed by atoms with Gasteiger partial charge in [0.15, 0.2) is 11.6 Å². The zero-order valence-corrected chi connectivity index (χ0v) is 12.8. The van der Waals surface area contributed by atoms with Gasteiger partial charge >= 0.3 is 0 Å². The maximum Gasteiger partial charge on any atom is 0.166 e. The maximum absolute atomic E-state index is 13.8. The molecule has 1 fully saturated rings. The number of hydrogen-bond acceptors (Lipinski definition) is 2. The van der Waals surface area contributed by atoms with Gasteiger partial charge < -0.3 is 10.5 Å². The molecule has 19 heavy (non-hydrogen) atoms. The van der Waals surface area contributed by atoms with Crippen molar-refractivity contribution in [3.05, 3.63) is 28.5 Å². The molecule has 4 heteroatoms. The first-order valence-electron chi connectivity index (χ1n) is 6.95. The summed E-state index contributed by atoms with van der Waals surface area (Å²) in [6.07, 6.45) is 4.46. The Labute approximate surface area is 122 Å². The molecule has 1 aromatic carbocycles. The summed E-state index contributed by atoms with van der Waals surface area (Å²) in [6.45, 7) is 2.81. The van der Waals surface area contributed by atoms with E-state index in [0.717, 1.165) is 23.7 Å². The third kappa shape index (κ3) is 3.69. The number of benzene rings is 1. The van der Waals surface area contributed by atoms with Gasteiger partial charge in [0, 0.05) is 10.4 Å². The molecular formula is C15H21BrFNO. The van der Waals surface area contributed by atoms with Gasteiger partial charge in [-0.15, -0.1) is 0 Å². The number of nitrogens with two attached hydrogens (primary N) is 1. The van der Waals surface area contributed by atoms with Crippen LogP contribution < -0.4 is 10.5 Å². The summed E-state index contributed by atoms with van der Waals surface area (Å²) in [5.41, 5.74) is 5.82. The molecule has 0 heterocycles. The van der Waals surface area contributed by atoms with E-state index < -0.39 is 0 Å². The molecule has 1 aliphatic rings. The van der Waals surface area contributed by atoms with Gasteiger partial charge in [-0.25, -0.2) is 4.39 Å². The molecule has 2 rings (SSSR count). The lowest BCUT2D eigenvalue weighted by Crippen LogP contribution is -2.38. The van der Waals surface area contributed by atoms with Crippen molar-refractivity contribution in [1.82, 2.24) is 0 Å². The molecule has 0 bridgehead atoms. The smallest absolute Gasteiger partial charge is 0.166 e. The number of halogens is 2. The highest BCUT2D eigenvalue weighted by Gasteiger charge is 2.31. The van der Waals surface area contributed by atoms with Gasteiger partial charge in [0.2, 0.25) is 0 Å². The van der Waals surface area contributed by atoms with E-state index in [0.29, 0.717) is 24.1 Å². The first-order valence-corrected chi connectivity index (χ1v) is 7.75. The molecule has 0 saturated heterocycles. The highest BCUT2D eigenvalue weighted by atomic mass is 79.9. The summed E-state index contributed by atoms with van der Waals surface area (Å²) in [4.78, 5) is 0. The second-order valence-corrected chi connectivity index (χ2v) is 6.23. The number of ether oxygens (including phenoxy) is 1. The quantitative estimate of drug-likeness (QED) is 0.901. The number of hydrogen-bond donors (Lipinski definition) is 1. The predicted octanol–water partition coefficient (Wildman–Crippen LogP) is 4.12. The fraction of sp³-hybridized carbons (Fsp3) is 0.600. The first kappa shape index (κ1) is 14.8. The summed E-state index contributed by atoms with van der Waals surface area (Å²) in [5, 5.41) is 0. The van der Waals surface area contributed by atoms with E-state index in [2.05, 4.69) is 22.9 Å². The van der Waals surface area contributed by atoms with Crippen LogP contribution in [0.2, 0.25) is 0 Å². The Balaban J connectivity index is 2.09. The van der Waals surface area contributed by atoms with Crippen LogP contribution in [0.4, 0.5) is 4.39 Å². The molecule has 1 aliphatic carbocycles. The summed E-state index contributed by atoms with van der Waals surface area (Å²) in [6, 6.07) is 4.92. The molecular weight excluding hydrogens is 309 g/mol. The van der Waals surface area contributed by atoms with E-state index in [1.165, 1.54) is 12.5 Å². The Bertz CT molecular complexity index is 427. The molecule has 0 aliphatic heterocycles. The second-order valence-electron chi connectivity index (χ2n) is 5.31. The third-order valence-corrected chi connectivity index (χ3v) is 4.58. The minimum absolute atomic E-state index is 0.0411. The molecule has 0 aromatic heterocycles.